The molecule has 16 heavy (non-hydrogen) atoms. The summed E-state index contributed by atoms with van der Waals surface area (Å²) in [6, 6.07) is 0. The third-order valence-corrected chi connectivity index (χ3v) is 2.14. The van der Waals surface area contributed by atoms with E-state index in [9.17, 15) is 0 Å². The first-order valence-corrected chi connectivity index (χ1v) is 5.07. The second-order valence-corrected chi connectivity index (χ2v) is 3.54. The van der Waals surface area contributed by atoms with Crippen LogP contribution in [0.4, 0.5) is 0 Å². The quantitative estimate of drug-likeness (QED) is 0.807. The number of aromatic nitrogens is 5. The molecule has 0 aliphatic heterocycles. The molecule has 0 spiro atoms. The van der Waals surface area contributed by atoms with Gasteiger partial charge in [-0.3, -0.25) is 0 Å². The molecular formula is C10H14N6. The van der Waals surface area contributed by atoms with E-state index in [1.807, 2.05) is 20.9 Å². The van der Waals surface area contributed by atoms with Crippen molar-refractivity contribution in [1.82, 2.24) is 30.0 Å². The lowest BCUT2D eigenvalue weighted by molar-refractivity contribution is 0.754. The maximum Gasteiger partial charge on any atom is 0.252 e. The highest BCUT2D eigenvalue weighted by atomic mass is 15.4. The minimum Gasteiger partial charge on any atom is -0.316 e. The molecule has 84 valence electrons. The first kappa shape index (κ1) is 10.7. The third kappa shape index (κ3) is 2.06. The fourth-order valence-electron chi connectivity index (χ4n) is 1.46. The van der Waals surface area contributed by atoms with Gasteiger partial charge in [0.1, 0.15) is 11.6 Å². The van der Waals surface area contributed by atoms with E-state index in [1.165, 1.54) is 0 Å². The zero-order valence-corrected chi connectivity index (χ0v) is 9.60. The number of rotatable bonds is 3. The Labute approximate surface area is 93.8 Å². The summed E-state index contributed by atoms with van der Waals surface area (Å²) in [6.07, 6.45) is 3.57. The van der Waals surface area contributed by atoms with Crippen LogP contribution in [-0.2, 0) is 6.54 Å². The lowest BCUT2D eigenvalue weighted by Crippen LogP contribution is -2.09. The molecule has 0 fully saturated rings. The summed E-state index contributed by atoms with van der Waals surface area (Å²) in [7, 11) is 1.89. The molecule has 0 radical (unpaired) electrons. The molecule has 0 unspecified atom stereocenters. The molecule has 0 saturated carbocycles. The topological polar surface area (TPSA) is 68.5 Å². The van der Waals surface area contributed by atoms with E-state index >= 15 is 0 Å². The van der Waals surface area contributed by atoms with Crippen molar-refractivity contribution in [3.63, 3.8) is 0 Å². The van der Waals surface area contributed by atoms with Crippen molar-refractivity contribution < 1.29 is 0 Å². The molecule has 2 aromatic heterocycles. The second kappa shape index (κ2) is 4.36. The summed E-state index contributed by atoms with van der Waals surface area (Å²) in [5.74, 6) is 2.07. The standard InChI is InChI=1S/C10H14N6/c1-7-14-8(2)16(15-7)10-12-5-9(4-11-3)6-13-10/h5-6,11H,4H2,1-3H3. The van der Waals surface area contributed by atoms with E-state index in [4.69, 9.17) is 0 Å². The number of nitrogens with zero attached hydrogens (tertiary/aromatic N) is 5. The fourth-order valence-corrected chi connectivity index (χ4v) is 1.46. The van der Waals surface area contributed by atoms with Gasteiger partial charge in [0.05, 0.1) is 0 Å². The van der Waals surface area contributed by atoms with E-state index < -0.39 is 0 Å². The van der Waals surface area contributed by atoms with Crippen LogP contribution in [0.5, 0.6) is 0 Å². The lowest BCUT2D eigenvalue weighted by atomic mass is 10.3. The molecule has 0 aliphatic carbocycles. The normalized spacial score (nSPS) is 10.7. The smallest absolute Gasteiger partial charge is 0.252 e. The monoisotopic (exact) mass is 218 g/mol. The van der Waals surface area contributed by atoms with Gasteiger partial charge in [-0.1, -0.05) is 0 Å². The van der Waals surface area contributed by atoms with Gasteiger partial charge in [-0.05, 0) is 20.9 Å². The molecule has 1 N–H and O–H groups in total. The molecule has 0 atom stereocenters. The van der Waals surface area contributed by atoms with Gasteiger partial charge in [-0.2, -0.15) is 4.68 Å². The Kier molecular flexibility index (Phi) is 2.91. The van der Waals surface area contributed by atoms with E-state index in [1.54, 1.807) is 17.1 Å². The minimum absolute atomic E-state index is 0.554. The molecule has 2 rings (SSSR count). The van der Waals surface area contributed by atoms with Gasteiger partial charge in [0.25, 0.3) is 5.95 Å². The Bertz CT molecular complexity index is 473. The molecule has 0 saturated heterocycles. The zero-order valence-electron chi connectivity index (χ0n) is 9.60. The van der Waals surface area contributed by atoms with E-state index in [-0.39, 0.29) is 0 Å². The SMILES string of the molecule is CNCc1cnc(-n2nc(C)nc2C)nc1. The maximum absolute atomic E-state index is 4.25. The van der Waals surface area contributed by atoms with Crippen molar-refractivity contribution in [3.8, 4) is 5.95 Å². The summed E-state index contributed by atoms with van der Waals surface area (Å²) in [4.78, 5) is 12.7. The van der Waals surface area contributed by atoms with E-state index in [0.29, 0.717) is 5.95 Å². The fraction of sp³-hybridized carbons (Fsp3) is 0.400. The molecule has 2 heterocycles. The van der Waals surface area contributed by atoms with Crippen LogP contribution < -0.4 is 5.32 Å². The molecule has 6 nitrogen and oxygen atoms in total. The van der Waals surface area contributed by atoms with E-state index in [0.717, 1.165) is 23.8 Å². The van der Waals surface area contributed by atoms with Gasteiger partial charge in [0.2, 0.25) is 0 Å². The number of hydrogen-bond donors (Lipinski definition) is 1. The van der Waals surface area contributed by atoms with Crippen molar-refractivity contribution in [2.24, 2.45) is 0 Å². The summed E-state index contributed by atoms with van der Waals surface area (Å²) in [6.45, 7) is 4.49. The first-order chi connectivity index (χ1) is 7.70. The van der Waals surface area contributed by atoms with Crippen molar-refractivity contribution in [3.05, 3.63) is 29.6 Å². The zero-order chi connectivity index (χ0) is 11.5. The summed E-state index contributed by atoms with van der Waals surface area (Å²) >= 11 is 0. The van der Waals surface area contributed by atoms with Gasteiger partial charge < -0.3 is 5.32 Å². The molecule has 0 amide bonds. The average molecular weight is 218 g/mol. The summed E-state index contributed by atoms with van der Waals surface area (Å²) in [5.41, 5.74) is 1.04. The van der Waals surface area contributed by atoms with Gasteiger partial charge in [0, 0.05) is 24.5 Å². The van der Waals surface area contributed by atoms with Crippen LogP contribution in [0.2, 0.25) is 0 Å². The van der Waals surface area contributed by atoms with Gasteiger partial charge in [-0.15, -0.1) is 5.10 Å². The summed E-state index contributed by atoms with van der Waals surface area (Å²) in [5, 5.41) is 7.26. The number of nitrogens with one attached hydrogen (secondary N) is 1. The highest BCUT2D eigenvalue weighted by molar-refractivity contribution is 5.15. The van der Waals surface area contributed by atoms with E-state index in [2.05, 4.69) is 25.4 Å². The van der Waals surface area contributed by atoms with Crippen LogP contribution in [0.3, 0.4) is 0 Å². The predicted octanol–water partition coefficient (Wildman–Crippen LogP) is 0.394. The molecule has 0 aliphatic rings. The van der Waals surface area contributed by atoms with Crippen LogP contribution in [0, 0.1) is 13.8 Å². The number of aryl methyl sites for hydroxylation is 2. The van der Waals surface area contributed by atoms with Crippen LogP contribution in [-0.4, -0.2) is 31.8 Å². The van der Waals surface area contributed by atoms with Crippen LogP contribution in [0.15, 0.2) is 12.4 Å². The van der Waals surface area contributed by atoms with Crippen molar-refractivity contribution >= 4 is 0 Å². The predicted molar refractivity (Wildman–Crippen MR) is 59.2 cm³/mol. The lowest BCUT2D eigenvalue weighted by Gasteiger charge is -2.02. The van der Waals surface area contributed by atoms with Crippen molar-refractivity contribution in [1.29, 1.82) is 0 Å². The minimum atomic E-state index is 0.554. The Balaban J connectivity index is 2.31. The highest BCUT2D eigenvalue weighted by Gasteiger charge is 2.07. The Morgan fingerprint density at radius 2 is 1.94 bits per heavy atom. The Morgan fingerprint density at radius 1 is 1.25 bits per heavy atom. The molecule has 2 aromatic rings. The van der Waals surface area contributed by atoms with Crippen LogP contribution in [0.1, 0.15) is 17.2 Å². The summed E-state index contributed by atoms with van der Waals surface area (Å²) < 4.78 is 1.64. The van der Waals surface area contributed by atoms with Crippen molar-refractivity contribution in [2.45, 2.75) is 20.4 Å². The first-order valence-electron chi connectivity index (χ1n) is 5.07. The average Bonchev–Trinajstić information content (AvgIpc) is 2.59. The second-order valence-electron chi connectivity index (χ2n) is 3.54. The van der Waals surface area contributed by atoms with Crippen molar-refractivity contribution in [2.75, 3.05) is 7.05 Å². The van der Waals surface area contributed by atoms with Gasteiger partial charge in [0.15, 0.2) is 0 Å². The Morgan fingerprint density at radius 3 is 2.44 bits per heavy atom. The molecule has 0 bridgehead atoms. The van der Waals surface area contributed by atoms with Crippen LogP contribution in [0.25, 0.3) is 5.95 Å². The molecular weight excluding hydrogens is 204 g/mol. The Hall–Kier alpha value is -1.82. The third-order valence-electron chi connectivity index (χ3n) is 2.14. The maximum atomic E-state index is 4.25. The number of hydrogen-bond acceptors (Lipinski definition) is 5. The largest absolute Gasteiger partial charge is 0.316 e. The van der Waals surface area contributed by atoms with Crippen LogP contribution >= 0.6 is 0 Å². The highest BCUT2D eigenvalue weighted by Crippen LogP contribution is 2.04. The van der Waals surface area contributed by atoms with Gasteiger partial charge in [-0.25, -0.2) is 15.0 Å². The van der Waals surface area contributed by atoms with Gasteiger partial charge >= 0.3 is 0 Å². The molecule has 0 aromatic carbocycles. The molecule has 6 heteroatoms.